The SMILES string of the molecule is CCC[C@@H](C)NC(=O)[C@@H]1CN(S(=O)(=O)c2ccccc2)c2cc(C(C)(C)C)ccc2O1. The zero-order valence-electron chi connectivity index (χ0n) is 18.9. The summed E-state index contributed by atoms with van der Waals surface area (Å²) in [4.78, 5) is 13.1. The Labute approximate surface area is 185 Å². The van der Waals surface area contributed by atoms with Gasteiger partial charge < -0.3 is 10.1 Å². The summed E-state index contributed by atoms with van der Waals surface area (Å²) in [6.07, 6.45) is 0.862. The summed E-state index contributed by atoms with van der Waals surface area (Å²) < 4.78 is 34.4. The molecule has 0 radical (unpaired) electrons. The summed E-state index contributed by atoms with van der Waals surface area (Å²) >= 11 is 0. The van der Waals surface area contributed by atoms with Crippen LogP contribution in [0.25, 0.3) is 0 Å². The maximum atomic E-state index is 13.5. The van der Waals surface area contributed by atoms with E-state index in [0.29, 0.717) is 11.4 Å². The van der Waals surface area contributed by atoms with Crippen molar-refractivity contribution in [3.05, 3.63) is 54.1 Å². The predicted octanol–water partition coefficient (Wildman–Crippen LogP) is 4.25. The molecule has 2 aromatic rings. The number of benzene rings is 2. The Bertz CT molecular complexity index is 1030. The van der Waals surface area contributed by atoms with E-state index in [1.807, 2.05) is 19.1 Å². The Balaban J connectivity index is 2.04. The zero-order chi connectivity index (χ0) is 22.8. The van der Waals surface area contributed by atoms with E-state index in [-0.39, 0.29) is 28.8 Å². The van der Waals surface area contributed by atoms with Crippen LogP contribution in [0.2, 0.25) is 0 Å². The topological polar surface area (TPSA) is 75.7 Å². The lowest BCUT2D eigenvalue weighted by atomic mass is 9.86. The smallest absolute Gasteiger partial charge is 0.264 e. The standard InChI is InChI=1S/C24H32N2O4S/c1-6-10-17(2)25-23(27)22-16-26(31(28,29)19-11-8-7-9-12-19)20-15-18(24(3,4)5)13-14-21(20)30-22/h7-9,11-15,17,22H,6,10,16H2,1-5H3,(H,25,27)/t17-,22+/m1/s1. The van der Waals surface area contributed by atoms with Crippen LogP contribution in [0.1, 0.15) is 53.0 Å². The molecule has 31 heavy (non-hydrogen) atoms. The molecular formula is C24H32N2O4S. The number of anilines is 1. The molecule has 1 aliphatic heterocycles. The van der Waals surface area contributed by atoms with Crippen molar-refractivity contribution < 1.29 is 17.9 Å². The van der Waals surface area contributed by atoms with Crippen molar-refractivity contribution in [3.8, 4) is 5.75 Å². The van der Waals surface area contributed by atoms with Gasteiger partial charge in [0.25, 0.3) is 15.9 Å². The van der Waals surface area contributed by atoms with Crippen LogP contribution in [0.5, 0.6) is 5.75 Å². The number of amides is 1. The number of nitrogens with one attached hydrogen (secondary N) is 1. The van der Waals surface area contributed by atoms with Gasteiger partial charge in [-0.3, -0.25) is 9.10 Å². The zero-order valence-corrected chi connectivity index (χ0v) is 19.7. The Morgan fingerprint density at radius 3 is 2.48 bits per heavy atom. The molecule has 3 rings (SSSR count). The lowest BCUT2D eigenvalue weighted by molar-refractivity contribution is -0.128. The van der Waals surface area contributed by atoms with E-state index in [9.17, 15) is 13.2 Å². The van der Waals surface area contributed by atoms with Gasteiger partial charge >= 0.3 is 0 Å². The third-order valence-corrected chi connectivity index (χ3v) is 7.22. The van der Waals surface area contributed by atoms with Crippen LogP contribution < -0.4 is 14.4 Å². The molecular weight excluding hydrogens is 412 g/mol. The first kappa shape index (κ1) is 23.1. The molecule has 2 atom stereocenters. The monoisotopic (exact) mass is 444 g/mol. The van der Waals surface area contributed by atoms with Crippen molar-refractivity contribution in [3.63, 3.8) is 0 Å². The van der Waals surface area contributed by atoms with Crippen molar-refractivity contribution in [2.24, 2.45) is 0 Å². The fraction of sp³-hybridized carbons (Fsp3) is 0.458. The molecule has 0 fully saturated rings. The molecule has 0 aliphatic carbocycles. The van der Waals surface area contributed by atoms with Crippen LogP contribution in [0, 0.1) is 0 Å². The predicted molar refractivity (Wildman–Crippen MR) is 123 cm³/mol. The minimum Gasteiger partial charge on any atom is -0.476 e. The van der Waals surface area contributed by atoms with Gasteiger partial charge in [-0.1, -0.05) is 58.4 Å². The third kappa shape index (κ3) is 5.03. The number of carbonyl (C=O) groups excluding carboxylic acids is 1. The first-order valence-electron chi connectivity index (χ1n) is 10.7. The molecule has 0 saturated heterocycles. The van der Waals surface area contributed by atoms with Crippen molar-refractivity contribution >= 4 is 21.6 Å². The second-order valence-corrected chi connectivity index (χ2v) is 10.9. The molecule has 0 unspecified atom stereocenters. The Morgan fingerprint density at radius 1 is 1.19 bits per heavy atom. The maximum Gasteiger partial charge on any atom is 0.264 e. The van der Waals surface area contributed by atoms with E-state index >= 15 is 0 Å². The molecule has 7 heteroatoms. The molecule has 1 N–H and O–H groups in total. The molecule has 1 amide bonds. The molecule has 0 aromatic heterocycles. The van der Waals surface area contributed by atoms with Gasteiger partial charge in [-0.2, -0.15) is 0 Å². The number of fused-ring (bicyclic) bond motifs is 1. The molecule has 0 bridgehead atoms. The quantitative estimate of drug-likeness (QED) is 0.723. The van der Waals surface area contributed by atoms with Crippen LogP contribution in [-0.2, 0) is 20.2 Å². The second kappa shape index (κ2) is 8.91. The van der Waals surface area contributed by atoms with Gasteiger partial charge in [-0.25, -0.2) is 8.42 Å². The summed E-state index contributed by atoms with van der Waals surface area (Å²) in [6, 6.07) is 13.8. The normalized spacial score (nSPS) is 17.5. The number of carbonyl (C=O) groups is 1. The molecule has 0 saturated carbocycles. The fourth-order valence-corrected chi connectivity index (χ4v) is 5.13. The van der Waals surface area contributed by atoms with Gasteiger partial charge in [0.05, 0.1) is 17.1 Å². The van der Waals surface area contributed by atoms with Crippen molar-refractivity contribution in [2.75, 3.05) is 10.8 Å². The van der Waals surface area contributed by atoms with Gasteiger partial charge in [-0.05, 0) is 48.6 Å². The first-order valence-corrected chi connectivity index (χ1v) is 12.2. The number of rotatable bonds is 6. The Morgan fingerprint density at radius 2 is 1.87 bits per heavy atom. The van der Waals surface area contributed by atoms with Crippen LogP contribution in [-0.4, -0.2) is 33.0 Å². The van der Waals surface area contributed by atoms with Gasteiger partial charge in [0.2, 0.25) is 0 Å². The van der Waals surface area contributed by atoms with E-state index in [4.69, 9.17) is 4.74 Å². The van der Waals surface area contributed by atoms with Crippen LogP contribution >= 0.6 is 0 Å². The van der Waals surface area contributed by atoms with E-state index < -0.39 is 16.1 Å². The summed E-state index contributed by atoms with van der Waals surface area (Å²) in [5.74, 6) is 0.0850. The van der Waals surface area contributed by atoms with Gasteiger partial charge in [0.1, 0.15) is 5.75 Å². The average Bonchev–Trinajstić information content (AvgIpc) is 2.72. The molecule has 2 aromatic carbocycles. The summed E-state index contributed by atoms with van der Waals surface area (Å²) in [6.45, 7) is 10.1. The highest BCUT2D eigenvalue weighted by Gasteiger charge is 2.38. The van der Waals surface area contributed by atoms with E-state index in [2.05, 4.69) is 33.0 Å². The second-order valence-electron chi connectivity index (χ2n) is 9.09. The summed E-state index contributed by atoms with van der Waals surface area (Å²) in [5.41, 5.74) is 1.28. The largest absolute Gasteiger partial charge is 0.476 e. The molecule has 6 nitrogen and oxygen atoms in total. The molecule has 168 valence electrons. The highest BCUT2D eigenvalue weighted by molar-refractivity contribution is 7.92. The maximum absolute atomic E-state index is 13.5. The van der Waals surface area contributed by atoms with Crippen molar-refractivity contribution in [2.45, 2.75) is 69.9 Å². The lowest BCUT2D eigenvalue weighted by Crippen LogP contribution is -2.52. The number of hydrogen-bond donors (Lipinski definition) is 1. The number of sulfonamides is 1. The number of ether oxygens (including phenoxy) is 1. The minimum atomic E-state index is -3.87. The minimum absolute atomic E-state index is 0.00931. The van der Waals surface area contributed by atoms with E-state index in [1.54, 1.807) is 36.4 Å². The van der Waals surface area contributed by atoms with Crippen LogP contribution in [0.3, 0.4) is 0 Å². The fourth-order valence-electron chi connectivity index (χ4n) is 3.64. The van der Waals surface area contributed by atoms with Crippen molar-refractivity contribution in [1.82, 2.24) is 5.32 Å². The number of nitrogens with zero attached hydrogens (tertiary/aromatic N) is 1. The third-order valence-electron chi connectivity index (χ3n) is 5.43. The lowest BCUT2D eigenvalue weighted by Gasteiger charge is -2.36. The van der Waals surface area contributed by atoms with E-state index in [1.165, 1.54) is 4.31 Å². The van der Waals surface area contributed by atoms with Crippen LogP contribution in [0.15, 0.2) is 53.4 Å². The van der Waals surface area contributed by atoms with Crippen LogP contribution in [0.4, 0.5) is 5.69 Å². The van der Waals surface area contributed by atoms with Gasteiger partial charge in [0, 0.05) is 6.04 Å². The Hall–Kier alpha value is -2.54. The average molecular weight is 445 g/mol. The van der Waals surface area contributed by atoms with Gasteiger partial charge in [-0.15, -0.1) is 0 Å². The summed E-state index contributed by atoms with van der Waals surface area (Å²) in [5, 5.41) is 2.94. The molecule has 0 spiro atoms. The molecule has 1 heterocycles. The summed E-state index contributed by atoms with van der Waals surface area (Å²) in [7, 11) is -3.87. The highest BCUT2D eigenvalue weighted by Crippen LogP contribution is 2.40. The first-order chi connectivity index (χ1) is 14.5. The highest BCUT2D eigenvalue weighted by atomic mass is 32.2. The van der Waals surface area contributed by atoms with E-state index in [0.717, 1.165) is 18.4 Å². The van der Waals surface area contributed by atoms with Gasteiger partial charge in [0.15, 0.2) is 6.10 Å². The number of hydrogen-bond acceptors (Lipinski definition) is 4. The van der Waals surface area contributed by atoms with Crippen molar-refractivity contribution in [1.29, 1.82) is 0 Å². The Kier molecular flexibility index (Phi) is 6.65. The molecule has 1 aliphatic rings.